The lowest BCUT2D eigenvalue weighted by molar-refractivity contribution is -0.123. The third-order valence-electron chi connectivity index (χ3n) is 2.75. The fourth-order valence-corrected chi connectivity index (χ4v) is 2.10. The van der Waals surface area contributed by atoms with Crippen LogP contribution in [0.1, 0.15) is 12.0 Å². The van der Waals surface area contributed by atoms with Crippen LogP contribution in [-0.4, -0.2) is 24.9 Å². The number of nitrogens with zero attached hydrogens (tertiary/aromatic N) is 1. The third-order valence-corrected chi connectivity index (χ3v) is 2.99. The summed E-state index contributed by atoms with van der Waals surface area (Å²) in [4.78, 5) is 24.7. The van der Waals surface area contributed by atoms with E-state index < -0.39 is 0 Å². The van der Waals surface area contributed by atoms with Crippen LogP contribution in [0.2, 0.25) is 5.02 Å². The number of carbonyl (C=O) groups excluding carboxylic acids is 2. The molecule has 1 N–H and O–H groups in total. The van der Waals surface area contributed by atoms with Crippen LogP contribution in [0.4, 0.5) is 5.69 Å². The maximum absolute atomic E-state index is 11.9. The normalized spacial score (nSPS) is 16.7. The second-order valence-corrected chi connectivity index (χ2v) is 4.44. The molecule has 0 atom stereocenters. The zero-order valence-electron chi connectivity index (χ0n) is 9.50. The van der Waals surface area contributed by atoms with Crippen LogP contribution in [0, 0.1) is 6.92 Å². The van der Waals surface area contributed by atoms with E-state index in [4.69, 9.17) is 11.6 Å². The Morgan fingerprint density at radius 1 is 1.35 bits per heavy atom. The van der Waals surface area contributed by atoms with Gasteiger partial charge in [-0.15, -0.1) is 0 Å². The van der Waals surface area contributed by atoms with Crippen molar-refractivity contribution < 1.29 is 9.59 Å². The number of anilines is 1. The maximum atomic E-state index is 11.9. The molecule has 1 aromatic rings. The van der Waals surface area contributed by atoms with Crippen molar-refractivity contribution in [1.82, 2.24) is 5.32 Å². The average Bonchev–Trinajstić information content (AvgIpc) is 2.43. The minimum absolute atomic E-state index is 0.0564. The summed E-state index contributed by atoms with van der Waals surface area (Å²) in [5, 5.41) is 3.21. The molecule has 4 nitrogen and oxygen atoms in total. The smallest absolute Gasteiger partial charge is 0.246 e. The second-order valence-electron chi connectivity index (χ2n) is 4.00. The molecule has 17 heavy (non-hydrogen) atoms. The van der Waals surface area contributed by atoms with E-state index in [0.717, 1.165) is 11.3 Å². The van der Waals surface area contributed by atoms with E-state index in [9.17, 15) is 9.59 Å². The minimum Gasteiger partial charge on any atom is -0.347 e. The summed E-state index contributed by atoms with van der Waals surface area (Å²) in [7, 11) is 0. The molecule has 1 aliphatic rings. The lowest BCUT2D eigenvalue weighted by Gasteiger charge is -2.22. The van der Waals surface area contributed by atoms with Gasteiger partial charge in [-0.3, -0.25) is 9.59 Å². The fraction of sp³-hybridized carbons (Fsp3) is 0.333. The number of amides is 2. The predicted octanol–water partition coefficient (Wildman–Crippen LogP) is 1.50. The van der Waals surface area contributed by atoms with Gasteiger partial charge in [-0.25, -0.2) is 0 Å². The number of hydrogen-bond donors (Lipinski definition) is 1. The lowest BCUT2D eigenvalue weighted by Crippen LogP contribution is -2.35. The number of benzene rings is 1. The van der Waals surface area contributed by atoms with E-state index in [1.54, 1.807) is 11.0 Å². The van der Waals surface area contributed by atoms with Gasteiger partial charge in [-0.1, -0.05) is 11.6 Å². The summed E-state index contributed by atoms with van der Waals surface area (Å²) in [5.74, 6) is -0.186. The van der Waals surface area contributed by atoms with Gasteiger partial charge in [0.25, 0.3) is 0 Å². The third kappa shape index (κ3) is 2.58. The highest BCUT2D eigenvalue weighted by Gasteiger charge is 2.22. The number of hydrogen-bond acceptors (Lipinski definition) is 2. The Labute approximate surface area is 105 Å². The van der Waals surface area contributed by atoms with Crippen LogP contribution in [0.3, 0.4) is 0 Å². The fourth-order valence-electron chi connectivity index (χ4n) is 1.87. The first-order valence-corrected chi connectivity index (χ1v) is 5.79. The van der Waals surface area contributed by atoms with Crippen LogP contribution < -0.4 is 10.2 Å². The molecule has 0 radical (unpaired) electrons. The first kappa shape index (κ1) is 11.9. The van der Waals surface area contributed by atoms with E-state index in [-0.39, 0.29) is 18.4 Å². The van der Waals surface area contributed by atoms with Crippen molar-refractivity contribution in [2.45, 2.75) is 13.3 Å². The Kier molecular flexibility index (Phi) is 3.33. The van der Waals surface area contributed by atoms with Crippen LogP contribution in [0.25, 0.3) is 0 Å². The van der Waals surface area contributed by atoms with Crippen molar-refractivity contribution in [3.05, 3.63) is 28.8 Å². The van der Waals surface area contributed by atoms with Crippen molar-refractivity contribution in [1.29, 1.82) is 0 Å². The highest BCUT2D eigenvalue weighted by atomic mass is 35.5. The van der Waals surface area contributed by atoms with Gasteiger partial charge in [0, 0.05) is 23.7 Å². The molecule has 0 aliphatic carbocycles. The van der Waals surface area contributed by atoms with Gasteiger partial charge >= 0.3 is 0 Å². The standard InChI is InChI=1S/C12H13ClN2O2/c1-8-6-9(13)2-3-10(8)15-5-4-11(16)14-7-12(15)17/h2-3,6H,4-5,7H2,1H3,(H,14,16). The monoisotopic (exact) mass is 252 g/mol. The molecule has 0 spiro atoms. The first-order valence-electron chi connectivity index (χ1n) is 5.41. The summed E-state index contributed by atoms with van der Waals surface area (Å²) >= 11 is 5.88. The number of rotatable bonds is 1. The summed E-state index contributed by atoms with van der Waals surface area (Å²) < 4.78 is 0. The van der Waals surface area contributed by atoms with Gasteiger partial charge in [0.2, 0.25) is 11.8 Å². The van der Waals surface area contributed by atoms with Gasteiger partial charge < -0.3 is 10.2 Å². The SMILES string of the molecule is Cc1cc(Cl)ccc1N1CCC(=O)NCC1=O. The molecule has 0 aromatic heterocycles. The van der Waals surface area contributed by atoms with E-state index in [2.05, 4.69) is 5.32 Å². The number of nitrogens with one attached hydrogen (secondary N) is 1. The summed E-state index contributed by atoms with van der Waals surface area (Å²) in [6.45, 7) is 2.36. The molecule has 1 fully saturated rings. The highest BCUT2D eigenvalue weighted by molar-refractivity contribution is 6.30. The second kappa shape index (κ2) is 4.75. The predicted molar refractivity (Wildman–Crippen MR) is 66.2 cm³/mol. The Bertz CT molecular complexity index is 474. The van der Waals surface area contributed by atoms with E-state index in [1.165, 1.54) is 0 Å². The van der Waals surface area contributed by atoms with Gasteiger partial charge in [-0.2, -0.15) is 0 Å². The van der Waals surface area contributed by atoms with Crippen molar-refractivity contribution in [2.75, 3.05) is 18.0 Å². The maximum Gasteiger partial charge on any atom is 0.246 e. The lowest BCUT2D eigenvalue weighted by atomic mass is 10.1. The molecule has 5 heteroatoms. The van der Waals surface area contributed by atoms with Crippen LogP contribution >= 0.6 is 11.6 Å². The summed E-state index contributed by atoms with van der Waals surface area (Å²) in [6.07, 6.45) is 0.327. The zero-order valence-corrected chi connectivity index (χ0v) is 10.3. The zero-order chi connectivity index (χ0) is 12.4. The van der Waals surface area contributed by atoms with E-state index >= 15 is 0 Å². The van der Waals surface area contributed by atoms with Crippen LogP contribution in [0.5, 0.6) is 0 Å². The number of aryl methyl sites for hydroxylation is 1. The summed E-state index contributed by atoms with van der Waals surface area (Å²) in [5.41, 5.74) is 1.75. The van der Waals surface area contributed by atoms with Crippen molar-refractivity contribution in [3.8, 4) is 0 Å². The van der Waals surface area contributed by atoms with Crippen LogP contribution in [0.15, 0.2) is 18.2 Å². The topological polar surface area (TPSA) is 49.4 Å². The average molecular weight is 253 g/mol. The van der Waals surface area contributed by atoms with E-state index in [1.807, 2.05) is 19.1 Å². The largest absolute Gasteiger partial charge is 0.347 e. The summed E-state index contributed by atoms with van der Waals surface area (Å²) in [6, 6.07) is 5.37. The molecule has 1 aliphatic heterocycles. The minimum atomic E-state index is -0.0960. The van der Waals surface area contributed by atoms with Crippen LogP contribution in [-0.2, 0) is 9.59 Å². The molecule has 2 rings (SSSR count). The Hall–Kier alpha value is -1.55. The first-order chi connectivity index (χ1) is 8.08. The van der Waals surface area contributed by atoms with Crippen molar-refractivity contribution in [3.63, 3.8) is 0 Å². The van der Waals surface area contributed by atoms with Gasteiger partial charge in [0.05, 0.1) is 6.54 Å². The molecule has 90 valence electrons. The van der Waals surface area contributed by atoms with Gasteiger partial charge in [0.1, 0.15) is 0 Å². The highest BCUT2D eigenvalue weighted by Crippen LogP contribution is 2.24. The quantitative estimate of drug-likeness (QED) is 0.824. The molecule has 0 unspecified atom stereocenters. The van der Waals surface area contributed by atoms with Crippen molar-refractivity contribution in [2.24, 2.45) is 0 Å². The Morgan fingerprint density at radius 3 is 2.82 bits per heavy atom. The van der Waals surface area contributed by atoms with Gasteiger partial charge in [0.15, 0.2) is 0 Å². The Morgan fingerprint density at radius 2 is 2.12 bits per heavy atom. The molecule has 0 bridgehead atoms. The Balaban J connectivity index is 2.31. The molecule has 1 heterocycles. The van der Waals surface area contributed by atoms with E-state index in [0.29, 0.717) is 18.0 Å². The molecule has 0 saturated carbocycles. The molecule has 1 saturated heterocycles. The molecule has 2 amide bonds. The number of carbonyl (C=O) groups is 2. The van der Waals surface area contributed by atoms with Crippen molar-refractivity contribution >= 4 is 29.1 Å². The van der Waals surface area contributed by atoms with Gasteiger partial charge in [-0.05, 0) is 30.7 Å². The number of halogens is 1. The molecular weight excluding hydrogens is 240 g/mol. The molecular formula is C12H13ClN2O2. The molecule has 1 aromatic carbocycles.